The summed E-state index contributed by atoms with van der Waals surface area (Å²) in [4.78, 5) is 25.7. The Morgan fingerprint density at radius 1 is 0.587 bits per heavy atom. The highest BCUT2D eigenvalue weighted by molar-refractivity contribution is 5.88. The van der Waals surface area contributed by atoms with Crippen molar-refractivity contribution in [2.24, 2.45) is 0 Å². The van der Waals surface area contributed by atoms with Gasteiger partial charge in [-0.1, -0.05) is 48.5 Å². The summed E-state index contributed by atoms with van der Waals surface area (Å²) in [5.74, 6) is -0.848. The average Bonchev–Trinajstić information content (AvgIpc) is 4.08. The van der Waals surface area contributed by atoms with E-state index in [9.17, 15) is 33.8 Å². The highest BCUT2D eigenvalue weighted by Gasteiger charge is 2.49. The van der Waals surface area contributed by atoms with Crippen LogP contribution in [0, 0.1) is 34.3 Å². The predicted molar refractivity (Wildman–Crippen MR) is 220 cm³/mol. The van der Waals surface area contributed by atoms with Gasteiger partial charge in [0.25, 0.3) is 11.1 Å². The van der Waals surface area contributed by atoms with Crippen LogP contribution >= 0.6 is 0 Å². The van der Waals surface area contributed by atoms with E-state index in [1.807, 2.05) is 6.07 Å². The van der Waals surface area contributed by atoms with Crippen molar-refractivity contribution >= 4 is 21.8 Å². The summed E-state index contributed by atoms with van der Waals surface area (Å²) in [6.45, 7) is 1.28. The second-order valence-electron chi connectivity index (χ2n) is 15.3. The summed E-state index contributed by atoms with van der Waals surface area (Å²) in [6.07, 6.45) is -3.93. The molecule has 0 radical (unpaired) electrons. The summed E-state index contributed by atoms with van der Waals surface area (Å²) < 4.78 is 56.6. The van der Waals surface area contributed by atoms with Crippen LogP contribution in [0.1, 0.15) is 22.3 Å². The van der Waals surface area contributed by atoms with Crippen molar-refractivity contribution in [3.8, 4) is 23.6 Å². The van der Waals surface area contributed by atoms with E-state index < -0.39 is 47.7 Å². The normalized spacial score (nSPS) is 24.4. The molecule has 2 unspecified atom stereocenters. The van der Waals surface area contributed by atoms with Gasteiger partial charge in [-0.3, -0.25) is 9.59 Å². The summed E-state index contributed by atoms with van der Waals surface area (Å²) in [7, 11) is 0. The van der Waals surface area contributed by atoms with Gasteiger partial charge in [0.05, 0.1) is 50.6 Å². The molecule has 4 fully saturated rings. The van der Waals surface area contributed by atoms with E-state index in [2.05, 4.69) is 0 Å². The lowest BCUT2D eigenvalue weighted by Crippen LogP contribution is -2.35. The van der Waals surface area contributed by atoms with Crippen LogP contribution in [0.2, 0.25) is 0 Å². The minimum atomic E-state index is -0.727. The van der Waals surface area contributed by atoms with Crippen LogP contribution in [-0.4, -0.2) is 105 Å². The molecule has 63 heavy (non-hydrogen) atoms. The average molecular weight is 863 g/mol. The Balaban J connectivity index is 0.000000147. The Kier molecular flexibility index (Phi) is 12.6. The lowest BCUT2D eigenvalue weighted by molar-refractivity contribution is 0.00205. The van der Waals surface area contributed by atoms with Crippen molar-refractivity contribution in [3.63, 3.8) is 0 Å². The second kappa shape index (κ2) is 18.4. The fourth-order valence-corrected chi connectivity index (χ4v) is 8.10. The Labute approximate surface area is 357 Å². The molecule has 4 aliphatic rings. The molecular weight excluding hydrogens is 823 g/mol. The van der Waals surface area contributed by atoms with Crippen LogP contribution in [0.15, 0.2) is 107 Å². The van der Waals surface area contributed by atoms with Crippen LogP contribution in [0.5, 0.6) is 11.5 Å². The number of hydrogen-bond acceptors (Lipinski definition) is 13. The minimum absolute atomic E-state index is 0.122. The summed E-state index contributed by atoms with van der Waals surface area (Å²) >= 11 is 0. The molecule has 8 atom stereocenters. The number of rotatable bonds is 6. The zero-order chi connectivity index (χ0) is 44.4. The fourth-order valence-electron chi connectivity index (χ4n) is 8.10. The Bertz CT molecular complexity index is 2830. The van der Waals surface area contributed by atoms with Crippen LogP contribution < -0.4 is 15.9 Å². The fraction of sp³-hybridized carbons (Fsp3) is 0.304. The quantitative estimate of drug-likeness (QED) is 0.189. The van der Waals surface area contributed by atoms with E-state index in [-0.39, 0.29) is 86.0 Å². The molecule has 324 valence electrons. The van der Waals surface area contributed by atoms with Gasteiger partial charge in [0.1, 0.15) is 72.3 Å². The van der Waals surface area contributed by atoms with E-state index in [0.717, 1.165) is 11.1 Å². The number of aromatic hydroxyl groups is 1. The van der Waals surface area contributed by atoms with Crippen LogP contribution in [0.25, 0.3) is 21.8 Å². The number of para-hydroxylation sites is 2. The van der Waals surface area contributed by atoms with Crippen molar-refractivity contribution in [1.82, 2.24) is 9.13 Å². The zero-order valence-corrected chi connectivity index (χ0v) is 33.3. The van der Waals surface area contributed by atoms with E-state index in [0.29, 0.717) is 21.8 Å². The molecule has 0 amide bonds. The number of ether oxygens (including phenoxy) is 5. The number of aromatic nitrogens is 2. The smallest absolute Gasteiger partial charge is 0.273 e. The maximum absolute atomic E-state index is 13.3. The van der Waals surface area contributed by atoms with Gasteiger partial charge in [0.2, 0.25) is 0 Å². The Hall–Kier alpha value is -6.54. The van der Waals surface area contributed by atoms with Crippen molar-refractivity contribution in [1.29, 1.82) is 10.5 Å². The van der Waals surface area contributed by atoms with Crippen molar-refractivity contribution in [3.05, 3.63) is 152 Å². The first-order chi connectivity index (χ1) is 30.5. The van der Waals surface area contributed by atoms with Crippen LogP contribution in [-0.2, 0) is 32.0 Å². The zero-order valence-electron chi connectivity index (χ0n) is 33.3. The van der Waals surface area contributed by atoms with Gasteiger partial charge in [-0.25, -0.2) is 8.78 Å². The number of nitrogens with zero attached hydrogens (tertiary/aromatic N) is 4. The molecule has 2 aromatic heterocycles. The van der Waals surface area contributed by atoms with E-state index >= 15 is 0 Å². The van der Waals surface area contributed by atoms with Crippen molar-refractivity contribution in [2.45, 2.75) is 61.9 Å². The number of hydrogen-bond donors (Lipinski definition) is 4. The molecule has 0 bridgehead atoms. The highest BCUT2D eigenvalue weighted by atomic mass is 19.1. The maximum atomic E-state index is 13.3. The van der Waals surface area contributed by atoms with Crippen LogP contribution in [0.4, 0.5) is 8.78 Å². The molecule has 6 aromatic rings. The number of nitriles is 2. The molecule has 0 spiro atoms. The van der Waals surface area contributed by atoms with E-state index in [1.165, 1.54) is 33.4 Å². The van der Waals surface area contributed by atoms with Gasteiger partial charge < -0.3 is 53.2 Å². The molecule has 4 N–H and O–H groups in total. The number of fused-ring (bicyclic) bond motifs is 4. The molecular formula is C46H40F2N4O11. The molecule has 4 aromatic carbocycles. The molecule has 0 aliphatic carbocycles. The summed E-state index contributed by atoms with van der Waals surface area (Å²) in [5.41, 5.74) is 1.09. The van der Waals surface area contributed by atoms with Gasteiger partial charge in [0, 0.05) is 10.8 Å². The third-order valence-corrected chi connectivity index (χ3v) is 11.3. The third kappa shape index (κ3) is 8.64. The Morgan fingerprint density at radius 3 is 1.51 bits per heavy atom. The predicted octanol–water partition coefficient (Wildman–Crippen LogP) is 3.24. The topological polar surface area (TPSA) is 219 Å². The number of aliphatic hydroxyl groups excluding tert-OH is 3. The molecule has 0 saturated carbocycles. The Morgan fingerprint density at radius 2 is 1.00 bits per heavy atom. The number of benzene rings is 4. The molecule has 4 saturated heterocycles. The monoisotopic (exact) mass is 862 g/mol. The molecule has 4 aliphatic heterocycles. The SMILES string of the molecule is N#Cc1c(O)c2ccccc2n(Cc2ccc(F)cc2)c1=O.N#Cc1c(OC2CO[C@H]3[C@@H]2OC[C@@H]3O)c2ccccc2n(Cc2ccc(F)cc2)c1=O.OC1CO[C@H]2[C@@H]1OC[C@@H]2O. The van der Waals surface area contributed by atoms with Crippen molar-refractivity contribution < 1.29 is 52.9 Å². The molecule has 17 heteroatoms. The number of aliphatic hydroxyl groups is 3. The van der Waals surface area contributed by atoms with E-state index in [4.69, 9.17) is 39.2 Å². The molecule has 6 heterocycles. The van der Waals surface area contributed by atoms with Gasteiger partial charge in [-0.15, -0.1) is 0 Å². The van der Waals surface area contributed by atoms with Gasteiger partial charge >= 0.3 is 0 Å². The van der Waals surface area contributed by atoms with E-state index in [1.54, 1.807) is 78.9 Å². The number of halogens is 2. The molecule has 10 rings (SSSR count). The van der Waals surface area contributed by atoms with Crippen molar-refractivity contribution in [2.75, 3.05) is 26.4 Å². The maximum Gasteiger partial charge on any atom is 0.273 e. The third-order valence-electron chi connectivity index (χ3n) is 11.3. The first-order valence-electron chi connectivity index (χ1n) is 19.9. The lowest BCUT2D eigenvalue weighted by Gasteiger charge is -2.21. The summed E-state index contributed by atoms with van der Waals surface area (Å²) in [5, 5.41) is 58.3. The standard InChI is InChI=1S/C23H19FN2O5.C17H11FN2O2.C6H10O4/c24-14-7-5-13(6-8-14)10-26-17-4-2-1-3-15(17)20(16(9-25)23(26)28)31-19-12-30-21-18(27)11-29-22(19)21;18-12-7-5-11(6-8-12)10-20-15-4-2-1-3-13(15)16(21)14(9-19)17(20)22;7-3-1-9-6-4(8)2-10-5(3)6/h1-8,18-19,21-22,27H,10-12H2;1-8,21H,10H2;3-8H,1-2H2/t18-,19?,21+,22+;;3-,4?,5+,6+/m0.0/s1. The van der Waals surface area contributed by atoms with Gasteiger partial charge in [0.15, 0.2) is 23.0 Å². The largest absolute Gasteiger partial charge is 0.506 e. The second-order valence-corrected chi connectivity index (χ2v) is 15.3. The number of pyridine rings is 2. The first kappa shape index (κ1) is 43.1. The lowest BCUT2D eigenvalue weighted by atomic mass is 10.1. The molecule has 15 nitrogen and oxygen atoms in total. The summed E-state index contributed by atoms with van der Waals surface area (Å²) in [6, 6.07) is 29.3. The highest BCUT2D eigenvalue weighted by Crippen LogP contribution is 2.34. The first-order valence-corrected chi connectivity index (χ1v) is 19.9. The van der Waals surface area contributed by atoms with Gasteiger partial charge in [-0.2, -0.15) is 10.5 Å². The van der Waals surface area contributed by atoms with Crippen LogP contribution in [0.3, 0.4) is 0 Å². The van der Waals surface area contributed by atoms with Gasteiger partial charge in [-0.05, 0) is 59.7 Å². The minimum Gasteiger partial charge on any atom is -0.506 e.